The highest BCUT2D eigenvalue weighted by atomic mass is 28.3. The van der Waals surface area contributed by atoms with Gasteiger partial charge in [0.15, 0.2) is 8.07 Å². The lowest BCUT2D eigenvalue weighted by Crippen LogP contribution is -2.66. The molecule has 24 heavy (non-hydrogen) atoms. The summed E-state index contributed by atoms with van der Waals surface area (Å²) in [5.74, 6) is 0. The third-order valence-corrected chi connectivity index (χ3v) is 9.75. The predicted molar refractivity (Wildman–Crippen MR) is 106 cm³/mol. The van der Waals surface area contributed by atoms with Gasteiger partial charge in [0.25, 0.3) is 0 Å². The van der Waals surface area contributed by atoms with Crippen molar-refractivity contribution in [2.24, 2.45) is 4.99 Å². The van der Waals surface area contributed by atoms with Crippen LogP contribution in [0.2, 0.25) is 0 Å². The molecule has 1 nitrogen and oxygen atoms in total. The van der Waals surface area contributed by atoms with E-state index >= 15 is 0 Å². The van der Waals surface area contributed by atoms with E-state index in [2.05, 4.69) is 96.5 Å². The van der Waals surface area contributed by atoms with Crippen molar-refractivity contribution in [2.75, 3.05) is 7.05 Å². The molecule has 1 aliphatic rings. The molecule has 1 aliphatic heterocycles. The summed E-state index contributed by atoms with van der Waals surface area (Å²) in [6.07, 6.45) is 0. The van der Waals surface area contributed by atoms with Gasteiger partial charge in [-0.25, -0.2) is 0 Å². The van der Waals surface area contributed by atoms with Crippen LogP contribution in [-0.4, -0.2) is 20.8 Å². The maximum Gasteiger partial charge on any atom is 0.181 e. The van der Waals surface area contributed by atoms with Crippen molar-refractivity contribution in [3.8, 4) is 0 Å². The molecule has 0 N–H and O–H groups in total. The zero-order valence-corrected chi connectivity index (χ0v) is 14.7. The Hall–Kier alpha value is -2.71. The molecule has 0 atom stereocenters. The number of rotatable bonds is 2. The second-order valence-corrected chi connectivity index (χ2v) is 9.88. The summed E-state index contributed by atoms with van der Waals surface area (Å²) in [6, 6.07) is 30.4. The molecule has 1 heterocycles. The molecule has 0 amide bonds. The van der Waals surface area contributed by atoms with Gasteiger partial charge in [0, 0.05) is 7.05 Å². The van der Waals surface area contributed by atoms with Crippen LogP contribution in [0.3, 0.4) is 0 Å². The molecule has 0 aliphatic carbocycles. The first-order valence-corrected chi connectivity index (χ1v) is 10.2. The lowest BCUT2D eigenvalue weighted by atomic mass is 10.1. The SMILES string of the molecule is C=C1C(=NC)c2ccccc2[Si]1(c1ccccc1)c1ccccc1. The highest BCUT2D eigenvalue weighted by Gasteiger charge is 2.50. The topological polar surface area (TPSA) is 12.4 Å². The fraction of sp³-hybridized carbons (Fsp3) is 0.0455. The molecule has 116 valence electrons. The maximum atomic E-state index is 4.61. The minimum Gasteiger partial charge on any atom is -0.288 e. The number of nitrogens with zero attached hydrogens (tertiary/aromatic N) is 1. The first-order valence-electron chi connectivity index (χ1n) is 8.17. The summed E-state index contributed by atoms with van der Waals surface area (Å²) >= 11 is 0. The van der Waals surface area contributed by atoms with Crippen LogP contribution in [0.1, 0.15) is 5.56 Å². The van der Waals surface area contributed by atoms with Crippen molar-refractivity contribution in [2.45, 2.75) is 0 Å². The second-order valence-electron chi connectivity index (χ2n) is 6.08. The standard InChI is InChI=1S/C22H19NSi/c1-17-22(23-2)20-15-9-10-16-21(20)24(17,18-11-5-3-6-12-18)19-13-7-4-8-14-19/h3-16H,1H2,2H3. The number of hydrogen-bond acceptors (Lipinski definition) is 1. The molecule has 0 radical (unpaired) electrons. The summed E-state index contributed by atoms with van der Waals surface area (Å²) in [7, 11) is -0.445. The van der Waals surface area contributed by atoms with Crippen LogP contribution in [0.25, 0.3) is 0 Å². The summed E-state index contributed by atoms with van der Waals surface area (Å²) in [4.78, 5) is 4.61. The van der Waals surface area contributed by atoms with Crippen molar-refractivity contribution in [1.29, 1.82) is 0 Å². The van der Waals surface area contributed by atoms with Crippen LogP contribution >= 0.6 is 0 Å². The van der Waals surface area contributed by atoms with Crippen molar-refractivity contribution < 1.29 is 0 Å². The van der Waals surface area contributed by atoms with Crippen molar-refractivity contribution in [1.82, 2.24) is 0 Å². The van der Waals surface area contributed by atoms with E-state index in [4.69, 9.17) is 0 Å². The van der Waals surface area contributed by atoms with Crippen molar-refractivity contribution >= 4 is 29.3 Å². The molecular formula is C22H19NSi. The lowest BCUT2D eigenvalue weighted by Gasteiger charge is -2.30. The van der Waals surface area contributed by atoms with Crippen LogP contribution in [-0.2, 0) is 0 Å². The largest absolute Gasteiger partial charge is 0.288 e. The fourth-order valence-corrected chi connectivity index (χ4v) is 8.89. The fourth-order valence-electron chi connectivity index (χ4n) is 3.98. The van der Waals surface area contributed by atoms with Gasteiger partial charge < -0.3 is 0 Å². The smallest absolute Gasteiger partial charge is 0.181 e. The first kappa shape index (κ1) is 14.9. The van der Waals surface area contributed by atoms with E-state index in [0.717, 1.165) is 5.71 Å². The van der Waals surface area contributed by atoms with E-state index in [-0.39, 0.29) is 0 Å². The van der Waals surface area contributed by atoms with Gasteiger partial charge in [-0.1, -0.05) is 91.5 Å². The Morgan fingerprint density at radius 1 is 0.708 bits per heavy atom. The molecule has 0 bridgehead atoms. The Morgan fingerprint density at radius 2 is 1.21 bits per heavy atom. The highest BCUT2D eigenvalue weighted by molar-refractivity contribution is 7.20. The predicted octanol–water partition coefficient (Wildman–Crippen LogP) is 2.68. The zero-order chi connectivity index (χ0) is 16.6. The molecule has 0 aromatic heterocycles. The monoisotopic (exact) mass is 325 g/mol. The van der Waals surface area contributed by atoms with Gasteiger partial charge in [-0.15, -0.1) is 0 Å². The van der Waals surface area contributed by atoms with Gasteiger partial charge in [0.2, 0.25) is 0 Å². The van der Waals surface area contributed by atoms with Gasteiger partial charge in [-0.2, -0.15) is 0 Å². The zero-order valence-electron chi connectivity index (χ0n) is 13.7. The Labute approximate surface area is 144 Å². The first-order chi connectivity index (χ1) is 11.8. The van der Waals surface area contributed by atoms with Gasteiger partial charge in [-0.3, -0.25) is 4.99 Å². The summed E-state index contributed by atoms with van der Waals surface area (Å²) in [6.45, 7) is 4.56. The third-order valence-electron chi connectivity index (χ3n) is 4.96. The molecule has 0 saturated carbocycles. The van der Waals surface area contributed by atoms with Crippen molar-refractivity contribution in [3.63, 3.8) is 0 Å². The van der Waals surface area contributed by atoms with Crippen LogP contribution in [0, 0.1) is 0 Å². The van der Waals surface area contributed by atoms with Gasteiger partial charge in [-0.05, 0) is 26.3 Å². The van der Waals surface area contributed by atoms with E-state index in [9.17, 15) is 0 Å². The molecule has 2 heteroatoms. The molecule has 0 spiro atoms. The second kappa shape index (κ2) is 5.73. The molecular weight excluding hydrogens is 306 g/mol. The molecule has 0 saturated heterocycles. The molecule has 0 unspecified atom stereocenters. The van der Waals surface area contributed by atoms with E-state index in [1.165, 1.54) is 26.3 Å². The summed E-state index contributed by atoms with van der Waals surface area (Å²) in [5.41, 5.74) is 2.30. The number of aliphatic imine (C=N–C) groups is 1. The molecule has 4 rings (SSSR count). The molecule has 3 aromatic carbocycles. The number of benzene rings is 3. The van der Waals surface area contributed by atoms with E-state index < -0.39 is 8.07 Å². The van der Waals surface area contributed by atoms with Gasteiger partial charge >= 0.3 is 0 Å². The van der Waals surface area contributed by atoms with Gasteiger partial charge in [0.05, 0.1) is 5.71 Å². The third kappa shape index (κ3) is 1.90. The van der Waals surface area contributed by atoms with Crippen LogP contribution < -0.4 is 15.6 Å². The average Bonchev–Trinajstić information content (AvgIpc) is 2.91. The average molecular weight is 325 g/mol. The number of allylic oxidation sites excluding steroid dienone is 1. The highest BCUT2D eigenvalue weighted by Crippen LogP contribution is 2.27. The van der Waals surface area contributed by atoms with Crippen LogP contribution in [0.5, 0.6) is 0 Å². The minimum absolute atomic E-state index is 1.06. The Bertz CT molecular complexity index is 887. The number of hydrogen-bond donors (Lipinski definition) is 0. The quantitative estimate of drug-likeness (QED) is 0.643. The lowest BCUT2D eigenvalue weighted by molar-refractivity contribution is 1.44. The molecule has 3 aromatic rings. The van der Waals surface area contributed by atoms with E-state index in [1.807, 2.05) is 7.05 Å². The van der Waals surface area contributed by atoms with E-state index in [1.54, 1.807) is 0 Å². The number of fused-ring (bicyclic) bond motifs is 1. The minimum atomic E-state index is -2.32. The normalized spacial score (nSPS) is 17.0. The maximum absolute atomic E-state index is 4.61. The van der Waals surface area contributed by atoms with Crippen LogP contribution in [0.4, 0.5) is 0 Å². The Morgan fingerprint density at radius 3 is 1.75 bits per heavy atom. The Balaban J connectivity index is 2.15. The van der Waals surface area contributed by atoms with E-state index in [0.29, 0.717) is 0 Å². The van der Waals surface area contributed by atoms with Crippen LogP contribution in [0.15, 0.2) is 102 Å². The Kier molecular flexibility index (Phi) is 3.55. The van der Waals surface area contributed by atoms with Gasteiger partial charge in [0.1, 0.15) is 0 Å². The molecule has 0 fully saturated rings. The summed E-state index contributed by atoms with van der Waals surface area (Å²) in [5, 5.41) is 5.32. The summed E-state index contributed by atoms with van der Waals surface area (Å²) < 4.78 is 0. The van der Waals surface area contributed by atoms with Crippen molar-refractivity contribution in [3.05, 3.63) is 102 Å².